The van der Waals surface area contributed by atoms with E-state index in [9.17, 15) is 9.18 Å². The van der Waals surface area contributed by atoms with Crippen LogP contribution in [0, 0.1) is 23.6 Å². The number of carbonyl (C=O) groups excluding carboxylic acids is 1. The van der Waals surface area contributed by atoms with Crippen LogP contribution in [0.2, 0.25) is 0 Å². The van der Waals surface area contributed by atoms with Crippen molar-refractivity contribution in [1.29, 1.82) is 0 Å². The molecule has 4 atom stereocenters. The molecular formula is C23H22FNO2. The number of ether oxygens (including phenoxy) is 1. The molecule has 1 aromatic carbocycles. The predicted octanol–water partition coefficient (Wildman–Crippen LogP) is 5.04. The molecule has 0 radical (unpaired) electrons. The van der Waals surface area contributed by atoms with E-state index < -0.39 is 0 Å². The van der Waals surface area contributed by atoms with Crippen molar-refractivity contribution in [1.82, 2.24) is 4.98 Å². The standard InChI is InChI=1S/C23H22FNO2/c1-14-10-17(22-15(2)27-23(26)21(22)11-14)6-8-20-9-7-18(13-25-20)16-4-3-5-19(24)12-16/h3-9,11-13,15,17,21-22H,10H2,1-2H3/b8-6+/t15-,17?,21?,22?/m1/s1. The van der Waals surface area contributed by atoms with Gasteiger partial charge in [-0.1, -0.05) is 35.9 Å². The molecule has 0 N–H and O–H groups in total. The van der Waals surface area contributed by atoms with Gasteiger partial charge in [-0.3, -0.25) is 9.78 Å². The van der Waals surface area contributed by atoms with Gasteiger partial charge in [-0.2, -0.15) is 0 Å². The smallest absolute Gasteiger partial charge is 0.313 e. The molecule has 2 aliphatic rings. The minimum atomic E-state index is -0.255. The molecule has 1 aromatic heterocycles. The minimum Gasteiger partial charge on any atom is -0.462 e. The van der Waals surface area contributed by atoms with Gasteiger partial charge in [0.2, 0.25) is 0 Å². The van der Waals surface area contributed by atoms with E-state index in [1.54, 1.807) is 12.3 Å². The van der Waals surface area contributed by atoms with E-state index in [2.05, 4.69) is 24.1 Å². The summed E-state index contributed by atoms with van der Waals surface area (Å²) in [6, 6.07) is 10.4. The number of hydrogen-bond acceptors (Lipinski definition) is 3. The lowest BCUT2D eigenvalue weighted by atomic mass is 9.72. The number of fused-ring (bicyclic) bond motifs is 1. The quantitative estimate of drug-likeness (QED) is 0.566. The van der Waals surface area contributed by atoms with Gasteiger partial charge in [-0.25, -0.2) is 4.39 Å². The first kappa shape index (κ1) is 17.7. The highest BCUT2D eigenvalue weighted by atomic mass is 19.1. The van der Waals surface area contributed by atoms with E-state index in [4.69, 9.17) is 4.74 Å². The van der Waals surface area contributed by atoms with Crippen LogP contribution in [0.25, 0.3) is 17.2 Å². The van der Waals surface area contributed by atoms with E-state index in [1.807, 2.05) is 31.2 Å². The Kier molecular flexibility index (Phi) is 4.65. The second kappa shape index (κ2) is 7.10. The van der Waals surface area contributed by atoms with E-state index in [0.29, 0.717) is 0 Å². The molecule has 0 amide bonds. The Bertz CT molecular complexity index is 916. The molecule has 0 saturated carbocycles. The van der Waals surface area contributed by atoms with E-state index in [-0.39, 0.29) is 35.6 Å². The van der Waals surface area contributed by atoms with Gasteiger partial charge in [0.1, 0.15) is 11.9 Å². The average Bonchev–Trinajstić information content (AvgIpc) is 2.94. The minimum absolute atomic E-state index is 0.0650. The van der Waals surface area contributed by atoms with Crippen molar-refractivity contribution in [2.45, 2.75) is 26.4 Å². The number of cyclic esters (lactones) is 1. The molecule has 1 aliphatic heterocycles. The number of nitrogens with zero attached hydrogens (tertiary/aromatic N) is 1. The fraction of sp³-hybridized carbons (Fsp3) is 0.304. The Hall–Kier alpha value is -2.75. The molecule has 1 aliphatic carbocycles. The second-order valence-electron chi connectivity index (χ2n) is 7.47. The van der Waals surface area contributed by atoms with Crippen molar-refractivity contribution in [2.24, 2.45) is 17.8 Å². The molecule has 0 bridgehead atoms. The highest BCUT2D eigenvalue weighted by Crippen LogP contribution is 2.43. The van der Waals surface area contributed by atoms with Crippen LogP contribution in [0.5, 0.6) is 0 Å². The van der Waals surface area contributed by atoms with Crippen LogP contribution in [0.15, 0.2) is 60.3 Å². The van der Waals surface area contributed by atoms with E-state index in [1.165, 1.54) is 17.7 Å². The third kappa shape index (κ3) is 3.57. The molecule has 3 unspecified atom stereocenters. The number of carbonyl (C=O) groups is 1. The third-order valence-electron chi connectivity index (χ3n) is 5.51. The van der Waals surface area contributed by atoms with Crippen LogP contribution in [-0.2, 0) is 9.53 Å². The van der Waals surface area contributed by atoms with Gasteiger partial charge in [-0.15, -0.1) is 0 Å². The molecule has 1 fully saturated rings. The van der Waals surface area contributed by atoms with Gasteiger partial charge in [-0.05, 0) is 56.0 Å². The predicted molar refractivity (Wildman–Crippen MR) is 103 cm³/mol. The molecule has 4 rings (SSSR count). The Morgan fingerprint density at radius 2 is 2.07 bits per heavy atom. The second-order valence-corrected chi connectivity index (χ2v) is 7.47. The highest BCUT2D eigenvalue weighted by molar-refractivity contribution is 5.78. The normalized spacial score (nSPS) is 27.4. The monoisotopic (exact) mass is 363 g/mol. The summed E-state index contributed by atoms with van der Waals surface area (Å²) in [6.45, 7) is 4.04. The number of aromatic nitrogens is 1. The summed E-state index contributed by atoms with van der Waals surface area (Å²) in [6.07, 6.45) is 8.84. The van der Waals surface area contributed by atoms with E-state index in [0.717, 1.165) is 23.2 Å². The molecule has 3 nitrogen and oxygen atoms in total. The Labute approximate surface area is 158 Å². The summed E-state index contributed by atoms with van der Waals surface area (Å²) in [5, 5.41) is 0. The van der Waals surface area contributed by atoms with Crippen molar-refractivity contribution in [3.63, 3.8) is 0 Å². The molecular weight excluding hydrogens is 341 g/mol. The van der Waals surface area contributed by atoms with Gasteiger partial charge in [0.15, 0.2) is 0 Å². The van der Waals surface area contributed by atoms with Crippen molar-refractivity contribution in [3.05, 3.63) is 71.8 Å². The lowest BCUT2D eigenvalue weighted by Gasteiger charge is -2.29. The van der Waals surface area contributed by atoms with Gasteiger partial charge in [0.25, 0.3) is 0 Å². The Morgan fingerprint density at radius 3 is 2.81 bits per heavy atom. The van der Waals surface area contributed by atoms with Crippen LogP contribution in [-0.4, -0.2) is 17.1 Å². The van der Waals surface area contributed by atoms with Gasteiger partial charge < -0.3 is 4.74 Å². The summed E-state index contributed by atoms with van der Waals surface area (Å²) in [7, 11) is 0. The van der Waals surface area contributed by atoms with Crippen molar-refractivity contribution >= 4 is 12.0 Å². The number of pyridine rings is 1. The maximum Gasteiger partial charge on any atom is 0.313 e. The third-order valence-corrected chi connectivity index (χ3v) is 5.51. The van der Waals surface area contributed by atoms with Gasteiger partial charge in [0, 0.05) is 17.7 Å². The van der Waals surface area contributed by atoms with Crippen molar-refractivity contribution in [2.75, 3.05) is 0 Å². The summed E-state index contributed by atoms with van der Waals surface area (Å²) >= 11 is 0. The zero-order valence-corrected chi connectivity index (χ0v) is 15.4. The van der Waals surface area contributed by atoms with Crippen LogP contribution < -0.4 is 0 Å². The molecule has 4 heteroatoms. The zero-order valence-electron chi connectivity index (χ0n) is 15.4. The Balaban J connectivity index is 1.53. The topological polar surface area (TPSA) is 39.2 Å². The summed E-state index contributed by atoms with van der Waals surface area (Å²) in [5.41, 5.74) is 3.76. The number of benzene rings is 1. The fourth-order valence-corrected chi connectivity index (χ4v) is 4.23. The largest absolute Gasteiger partial charge is 0.462 e. The lowest BCUT2D eigenvalue weighted by Crippen LogP contribution is -2.29. The first-order chi connectivity index (χ1) is 13.0. The first-order valence-corrected chi connectivity index (χ1v) is 9.29. The van der Waals surface area contributed by atoms with Crippen LogP contribution in [0.3, 0.4) is 0 Å². The van der Waals surface area contributed by atoms with Crippen molar-refractivity contribution < 1.29 is 13.9 Å². The van der Waals surface area contributed by atoms with Crippen LogP contribution >= 0.6 is 0 Å². The number of halogens is 1. The van der Waals surface area contributed by atoms with Gasteiger partial charge >= 0.3 is 5.97 Å². The number of allylic oxidation sites excluding steroid dienone is 2. The fourth-order valence-electron chi connectivity index (χ4n) is 4.23. The van der Waals surface area contributed by atoms with E-state index >= 15 is 0 Å². The van der Waals surface area contributed by atoms with Gasteiger partial charge in [0.05, 0.1) is 11.6 Å². The van der Waals surface area contributed by atoms with Crippen LogP contribution in [0.4, 0.5) is 4.39 Å². The molecule has 27 heavy (non-hydrogen) atoms. The molecule has 138 valence electrons. The maximum absolute atomic E-state index is 13.4. The molecule has 2 aromatic rings. The Morgan fingerprint density at radius 1 is 1.22 bits per heavy atom. The zero-order chi connectivity index (χ0) is 19.0. The highest BCUT2D eigenvalue weighted by Gasteiger charge is 2.46. The summed E-state index contributed by atoms with van der Waals surface area (Å²) < 4.78 is 18.8. The molecule has 0 spiro atoms. The first-order valence-electron chi connectivity index (χ1n) is 9.29. The average molecular weight is 363 g/mol. The summed E-state index contributed by atoms with van der Waals surface area (Å²) in [4.78, 5) is 16.5. The molecule has 2 heterocycles. The number of rotatable bonds is 3. The maximum atomic E-state index is 13.4. The molecule has 1 saturated heterocycles. The van der Waals surface area contributed by atoms with Crippen molar-refractivity contribution in [3.8, 4) is 11.1 Å². The number of esters is 1. The lowest BCUT2D eigenvalue weighted by molar-refractivity contribution is -0.142. The SMILES string of the molecule is CC1=CC2C(=O)O[C@H](C)C2C(/C=C/c2ccc(-c3cccc(F)c3)cn2)C1. The van der Waals surface area contributed by atoms with Crippen LogP contribution in [0.1, 0.15) is 26.0 Å². The summed E-state index contributed by atoms with van der Waals surface area (Å²) in [5.74, 6) is -0.0569. The number of hydrogen-bond donors (Lipinski definition) is 0.